The van der Waals surface area contributed by atoms with Crippen molar-refractivity contribution >= 4 is 5.65 Å². The lowest BCUT2D eigenvalue weighted by Crippen LogP contribution is -1.88. The van der Waals surface area contributed by atoms with Gasteiger partial charge in [0.05, 0.1) is 12.3 Å². The van der Waals surface area contributed by atoms with Crippen molar-refractivity contribution in [2.75, 3.05) is 0 Å². The molecule has 0 amide bonds. The maximum Gasteiger partial charge on any atom is 0.179 e. The van der Waals surface area contributed by atoms with Crippen molar-refractivity contribution in [2.24, 2.45) is 0 Å². The summed E-state index contributed by atoms with van der Waals surface area (Å²) in [6.07, 6.45) is 1.80. The molecule has 0 radical (unpaired) electrons. The van der Waals surface area contributed by atoms with E-state index in [1.165, 1.54) is 0 Å². The monoisotopic (exact) mass is 178 g/mol. The van der Waals surface area contributed by atoms with E-state index in [-0.39, 0.29) is 12.4 Å². The second-order valence-electron chi connectivity index (χ2n) is 2.89. The Balaban J connectivity index is 2.83. The van der Waals surface area contributed by atoms with Gasteiger partial charge in [-0.2, -0.15) is 0 Å². The number of aliphatic hydroxyl groups is 1. The van der Waals surface area contributed by atoms with Gasteiger partial charge in [-0.15, -0.1) is 0 Å². The Morgan fingerprint density at radius 3 is 2.92 bits per heavy atom. The molecule has 4 heteroatoms. The molecule has 13 heavy (non-hydrogen) atoms. The molecule has 0 bridgehead atoms. The van der Waals surface area contributed by atoms with Crippen LogP contribution >= 0.6 is 0 Å². The minimum atomic E-state index is -0.104. The molecule has 2 heterocycles. The van der Waals surface area contributed by atoms with Crippen LogP contribution < -0.4 is 0 Å². The molecular formula is C9H10N2O2. The predicted molar refractivity (Wildman–Crippen MR) is 47.5 cm³/mol. The maximum atomic E-state index is 9.44. The summed E-state index contributed by atoms with van der Waals surface area (Å²) in [4.78, 5) is 4.09. The van der Waals surface area contributed by atoms with Gasteiger partial charge >= 0.3 is 0 Å². The molecule has 2 N–H and O–H groups in total. The second-order valence-corrected chi connectivity index (χ2v) is 2.89. The van der Waals surface area contributed by atoms with Crippen LogP contribution in [0.2, 0.25) is 0 Å². The fraction of sp³-hybridized carbons (Fsp3) is 0.222. The quantitative estimate of drug-likeness (QED) is 0.680. The van der Waals surface area contributed by atoms with Crippen LogP contribution in [0.25, 0.3) is 5.65 Å². The number of aromatic nitrogens is 2. The number of aromatic hydroxyl groups is 1. The van der Waals surface area contributed by atoms with E-state index in [1.54, 1.807) is 22.7 Å². The first kappa shape index (κ1) is 8.07. The van der Waals surface area contributed by atoms with E-state index in [1.807, 2.05) is 6.92 Å². The summed E-state index contributed by atoms with van der Waals surface area (Å²) in [5.41, 5.74) is 1.94. The van der Waals surface area contributed by atoms with E-state index < -0.39 is 0 Å². The number of hydrogen-bond acceptors (Lipinski definition) is 3. The average molecular weight is 178 g/mol. The number of hydrogen-bond donors (Lipinski definition) is 2. The molecule has 0 atom stereocenters. The normalized spacial score (nSPS) is 10.9. The van der Waals surface area contributed by atoms with Crippen LogP contribution in [0.4, 0.5) is 0 Å². The molecule has 0 saturated carbocycles. The molecule has 2 rings (SSSR count). The number of pyridine rings is 1. The first-order chi connectivity index (χ1) is 6.24. The fourth-order valence-corrected chi connectivity index (χ4v) is 1.37. The van der Waals surface area contributed by atoms with E-state index in [0.29, 0.717) is 11.3 Å². The highest BCUT2D eigenvalue weighted by Gasteiger charge is 2.08. The van der Waals surface area contributed by atoms with E-state index >= 15 is 0 Å². The average Bonchev–Trinajstić information content (AvgIpc) is 2.45. The first-order valence-corrected chi connectivity index (χ1v) is 4.00. The molecule has 0 spiro atoms. The van der Waals surface area contributed by atoms with Gasteiger partial charge in [0.2, 0.25) is 0 Å². The smallest absolute Gasteiger partial charge is 0.179 e. The highest BCUT2D eigenvalue weighted by molar-refractivity contribution is 5.54. The molecule has 0 aliphatic carbocycles. The Hall–Kier alpha value is -1.55. The minimum absolute atomic E-state index is 0.104. The molecule has 68 valence electrons. The molecule has 2 aromatic heterocycles. The van der Waals surface area contributed by atoms with E-state index in [0.717, 1.165) is 5.69 Å². The molecule has 0 aromatic carbocycles. The van der Waals surface area contributed by atoms with Crippen LogP contribution in [0.15, 0.2) is 18.3 Å². The first-order valence-electron chi connectivity index (χ1n) is 4.00. The zero-order valence-electron chi connectivity index (χ0n) is 7.23. The van der Waals surface area contributed by atoms with Gasteiger partial charge in [0, 0.05) is 11.9 Å². The lowest BCUT2D eigenvalue weighted by molar-refractivity contribution is 0.276. The molecule has 0 saturated heterocycles. The Morgan fingerprint density at radius 2 is 2.31 bits per heavy atom. The van der Waals surface area contributed by atoms with Crippen LogP contribution in [0, 0.1) is 6.92 Å². The Morgan fingerprint density at radius 1 is 1.54 bits per heavy atom. The molecule has 2 aromatic rings. The van der Waals surface area contributed by atoms with Crippen molar-refractivity contribution in [3.8, 4) is 5.75 Å². The summed E-state index contributed by atoms with van der Waals surface area (Å²) in [7, 11) is 0. The summed E-state index contributed by atoms with van der Waals surface area (Å²) >= 11 is 0. The maximum absolute atomic E-state index is 9.44. The van der Waals surface area contributed by atoms with E-state index in [9.17, 15) is 5.11 Å². The zero-order valence-corrected chi connectivity index (χ0v) is 7.23. The number of aryl methyl sites for hydroxylation is 1. The Bertz CT molecular complexity index is 448. The lowest BCUT2D eigenvalue weighted by atomic mass is 10.3. The van der Waals surface area contributed by atoms with Crippen molar-refractivity contribution in [2.45, 2.75) is 13.5 Å². The van der Waals surface area contributed by atoms with Crippen molar-refractivity contribution in [3.63, 3.8) is 0 Å². The summed E-state index contributed by atoms with van der Waals surface area (Å²) in [6, 6.07) is 3.31. The molecule has 0 aliphatic heterocycles. The Kier molecular flexibility index (Phi) is 1.70. The van der Waals surface area contributed by atoms with Gasteiger partial charge in [-0.25, -0.2) is 4.98 Å². The summed E-state index contributed by atoms with van der Waals surface area (Å²) in [5.74, 6) is 0.130. The number of aliphatic hydroxyl groups excluding tert-OH is 1. The zero-order chi connectivity index (χ0) is 9.42. The van der Waals surface area contributed by atoms with Crippen LogP contribution in [0.1, 0.15) is 11.4 Å². The summed E-state index contributed by atoms with van der Waals surface area (Å²) in [6.45, 7) is 1.75. The van der Waals surface area contributed by atoms with Gasteiger partial charge in [0.15, 0.2) is 11.4 Å². The third-order valence-electron chi connectivity index (χ3n) is 2.12. The van der Waals surface area contributed by atoms with Gasteiger partial charge in [-0.05, 0) is 19.1 Å². The van der Waals surface area contributed by atoms with Crippen molar-refractivity contribution in [1.29, 1.82) is 0 Å². The minimum Gasteiger partial charge on any atom is -0.504 e. The van der Waals surface area contributed by atoms with Crippen LogP contribution in [0.3, 0.4) is 0 Å². The standard InChI is InChI=1S/C9H10N2O2/c1-6-7(5-12)10-9-8(13)3-2-4-11(6)9/h2-4,12-13H,5H2,1H3. The molecule has 0 aliphatic rings. The largest absolute Gasteiger partial charge is 0.504 e. The third kappa shape index (κ3) is 1.07. The Labute approximate surface area is 75.1 Å². The molecule has 0 fully saturated rings. The van der Waals surface area contributed by atoms with Crippen LogP contribution in [-0.2, 0) is 6.61 Å². The number of nitrogens with zero attached hydrogens (tertiary/aromatic N) is 2. The van der Waals surface area contributed by atoms with E-state index in [2.05, 4.69) is 4.98 Å². The van der Waals surface area contributed by atoms with Crippen molar-refractivity contribution in [1.82, 2.24) is 9.38 Å². The second kappa shape index (κ2) is 2.74. The highest BCUT2D eigenvalue weighted by Crippen LogP contribution is 2.19. The third-order valence-corrected chi connectivity index (χ3v) is 2.12. The van der Waals surface area contributed by atoms with Gasteiger partial charge in [-0.3, -0.25) is 0 Å². The summed E-state index contributed by atoms with van der Waals surface area (Å²) in [5, 5.41) is 18.4. The van der Waals surface area contributed by atoms with Gasteiger partial charge in [0.25, 0.3) is 0 Å². The highest BCUT2D eigenvalue weighted by atomic mass is 16.3. The summed E-state index contributed by atoms with van der Waals surface area (Å²) < 4.78 is 1.75. The van der Waals surface area contributed by atoms with E-state index in [4.69, 9.17) is 5.11 Å². The molecule has 0 unspecified atom stereocenters. The van der Waals surface area contributed by atoms with Gasteiger partial charge < -0.3 is 14.6 Å². The SMILES string of the molecule is Cc1c(CO)nc2c(O)cccn12. The van der Waals surface area contributed by atoms with Crippen molar-refractivity contribution in [3.05, 3.63) is 29.7 Å². The van der Waals surface area contributed by atoms with Crippen molar-refractivity contribution < 1.29 is 10.2 Å². The molecular weight excluding hydrogens is 168 g/mol. The van der Waals surface area contributed by atoms with Crippen LogP contribution in [-0.4, -0.2) is 19.6 Å². The lowest BCUT2D eigenvalue weighted by Gasteiger charge is -1.96. The van der Waals surface area contributed by atoms with Gasteiger partial charge in [0.1, 0.15) is 0 Å². The number of rotatable bonds is 1. The number of fused-ring (bicyclic) bond motifs is 1. The van der Waals surface area contributed by atoms with Crippen LogP contribution in [0.5, 0.6) is 5.75 Å². The molecule has 4 nitrogen and oxygen atoms in total. The topological polar surface area (TPSA) is 57.8 Å². The van der Waals surface area contributed by atoms with Gasteiger partial charge in [-0.1, -0.05) is 0 Å². The number of imidazole rings is 1. The fourth-order valence-electron chi connectivity index (χ4n) is 1.37. The predicted octanol–water partition coefficient (Wildman–Crippen LogP) is 0.841.